The van der Waals surface area contributed by atoms with Gasteiger partial charge in [-0.15, -0.1) is 0 Å². The average molecular weight is 212 g/mol. The molecule has 0 saturated carbocycles. The molecule has 1 saturated heterocycles. The van der Waals surface area contributed by atoms with E-state index in [0.29, 0.717) is 6.04 Å². The van der Waals surface area contributed by atoms with Gasteiger partial charge in [-0.1, -0.05) is 24.3 Å². The summed E-state index contributed by atoms with van der Waals surface area (Å²) >= 11 is 0. The summed E-state index contributed by atoms with van der Waals surface area (Å²) in [5, 5.41) is 4.74. The van der Waals surface area contributed by atoms with Crippen molar-refractivity contribution in [1.29, 1.82) is 0 Å². The van der Waals surface area contributed by atoms with Crippen LogP contribution in [0.4, 0.5) is 0 Å². The lowest BCUT2D eigenvalue weighted by molar-refractivity contribution is 0.596. The number of fused-ring (bicyclic) bond motifs is 1. The molecule has 3 rings (SSSR count). The van der Waals surface area contributed by atoms with E-state index < -0.39 is 0 Å². The topological polar surface area (TPSA) is 24.9 Å². The van der Waals surface area contributed by atoms with Crippen molar-refractivity contribution in [3.05, 3.63) is 42.1 Å². The fourth-order valence-corrected chi connectivity index (χ4v) is 2.41. The molecule has 82 valence electrons. The Morgan fingerprint density at radius 1 is 1.19 bits per heavy atom. The van der Waals surface area contributed by atoms with Gasteiger partial charge in [-0.2, -0.15) is 0 Å². The molecule has 1 atom stereocenters. The van der Waals surface area contributed by atoms with Crippen LogP contribution in [0.1, 0.15) is 18.5 Å². The Morgan fingerprint density at radius 3 is 3.00 bits per heavy atom. The van der Waals surface area contributed by atoms with Gasteiger partial charge in [0, 0.05) is 23.5 Å². The van der Waals surface area contributed by atoms with Gasteiger partial charge in [0.05, 0.1) is 5.52 Å². The van der Waals surface area contributed by atoms with Crippen LogP contribution in [0.3, 0.4) is 0 Å². The van der Waals surface area contributed by atoms with Crippen molar-refractivity contribution in [2.45, 2.75) is 25.3 Å². The highest BCUT2D eigenvalue weighted by molar-refractivity contribution is 5.78. The predicted molar refractivity (Wildman–Crippen MR) is 66.5 cm³/mol. The Labute approximate surface area is 95.7 Å². The molecule has 1 aromatic heterocycles. The van der Waals surface area contributed by atoms with Gasteiger partial charge < -0.3 is 5.32 Å². The van der Waals surface area contributed by atoms with Gasteiger partial charge in [0.25, 0.3) is 0 Å². The molecule has 2 nitrogen and oxygen atoms in total. The first-order valence-corrected chi connectivity index (χ1v) is 6.00. The zero-order valence-corrected chi connectivity index (χ0v) is 9.32. The summed E-state index contributed by atoms with van der Waals surface area (Å²) in [5.41, 5.74) is 2.32. The molecule has 1 aromatic carbocycles. The van der Waals surface area contributed by atoms with Gasteiger partial charge in [0.2, 0.25) is 0 Å². The van der Waals surface area contributed by atoms with Crippen molar-refractivity contribution in [2.24, 2.45) is 0 Å². The summed E-state index contributed by atoms with van der Waals surface area (Å²) < 4.78 is 0. The normalized spacial score (nSPS) is 20.4. The van der Waals surface area contributed by atoms with Gasteiger partial charge in [0.15, 0.2) is 0 Å². The summed E-state index contributed by atoms with van der Waals surface area (Å²) in [6.07, 6.45) is 3.65. The van der Waals surface area contributed by atoms with Crippen LogP contribution in [0.2, 0.25) is 0 Å². The molecule has 1 fully saturated rings. The average Bonchev–Trinajstić information content (AvgIpc) is 2.82. The van der Waals surface area contributed by atoms with Crippen molar-refractivity contribution >= 4 is 10.9 Å². The zero-order chi connectivity index (χ0) is 10.8. The Kier molecular flexibility index (Phi) is 2.58. The van der Waals surface area contributed by atoms with E-state index in [1.54, 1.807) is 0 Å². The van der Waals surface area contributed by atoms with E-state index in [1.165, 1.54) is 23.9 Å². The predicted octanol–water partition coefficient (Wildman–Crippen LogP) is 2.53. The second-order valence-corrected chi connectivity index (χ2v) is 4.49. The molecule has 1 N–H and O–H groups in total. The van der Waals surface area contributed by atoms with E-state index in [0.717, 1.165) is 18.5 Å². The molecule has 1 aliphatic rings. The quantitative estimate of drug-likeness (QED) is 0.827. The molecule has 2 heteroatoms. The first-order valence-electron chi connectivity index (χ1n) is 6.00. The lowest BCUT2D eigenvalue weighted by atomic mass is 10.1. The number of rotatable bonds is 2. The van der Waals surface area contributed by atoms with Gasteiger partial charge in [0.1, 0.15) is 0 Å². The van der Waals surface area contributed by atoms with Crippen molar-refractivity contribution < 1.29 is 0 Å². The van der Waals surface area contributed by atoms with Crippen LogP contribution in [-0.4, -0.2) is 17.6 Å². The second kappa shape index (κ2) is 4.22. The molecule has 0 spiro atoms. The van der Waals surface area contributed by atoms with E-state index in [9.17, 15) is 0 Å². The van der Waals surface area contributed by atoms with Crippen LogP contribution < -0.4 is 5.32 Å². The maximum absolute atomic E-state index is 4.70. The minimum Gasteiger partial charge on any atom is -0.314 e. The minimum atomic E-state index is 0.633. The van der Waals surface area contributed by atoms with Gasteiger partial charge in [-0.25, -0.2) is 0 Å². The summed E-state index contributed by atoms with van der Waals surface area (Å²) in [6, 6.07) is 13.3. The molecular formula is C14H16N2. The largest absolute Gasteiger partial charge is 0.314 e. The van der Waals surface area contributed by atoms with Crippen LogP contribution in [0.25, 0.3) is 10.9 Å². The summed E-state index contributed by atoms with van der Waals surface area (Å²) in [6.45, 7) is 1.16. The van der Waals surface area contributed by atoms with Gasteiger partial charge in [-0.05, 0) is 31.5 Å². The van der Waals surface area contributed by atoms with Crippen LogP contribution in [0.5, 0.6) is 0 Å². The van der Waals surface area contributed by atoms with E-state index in [2.05, 4.69) is 35.6 Å². The SMILES string of the molecule is c1ccc2nc(CC3CCCN3)ccc2c1. The fraction of sp³-hybridized carbons (Fsp3) is 0.357. The van der Waals surface area contributed by atoms with E-state index in [1.807, 2.05) is 6.07 Å². The van der Waals surface area contributed by atoms with Crippen molar-refractivity contribution in [3.63, 3.8) is 0 Å². The number of hydrogen-bond donors (Lipinski definition) is 1. The van der Waals surface area contributed by atoms with E-state index in [4.69, 9.17) is 4.98 Å². The number of hydrogen-bond acceptors (Lipinski definition) is 2. The highest BCUT2D eigenvalue weighted by atomic mass is 14.9. The smallest absolute Gasteiger partial charge is 0.0705 e. The maximum Gasteiger partial charge on any atom is 0.0705 e. The minimum absolute atomic E-state index is 0.633. The first kappa shape index (κ1) is 9.79. The summed E-state index contributed by atoms with van der Waals surface area (Å²) in [4.78, 5) is 4.70. The Hall–Kier alpha value is -1.41. The third kappa shape index (κ3) is 1.93. The van der Waals surface area contributed by atoms with E-state index in [-0.39, 0.29) is 0 Å². The molecule has 0 aliphatic carbocycles. The summed E-state index contributed by atoms with van der Waals surface area (Å²) in [5.74, 6) is 0. The van der Waals surface area contributed by atoms with E-state index >= 15 is 0 Å². The molecule has 2 heterocycles. The highest BCUT2D eigenvalue weighted by Gasteiger charge is 2.14. The molecular weight excluding hydrogens is 196 g/mol. The number of para-hydroxylation sites is 1. The maximum atomic E-state index is 4.70. The fourth-order valence-electron chi connectivity index (χ4n) is 2.41. The van der Waals surface area contributed by atoms with Crippen LogP contribution >= 0.6 is 0 Å². The number of nitrogens with one attached hydrogen (secondary N) is 1. The Morgan fingerprint density at radius 2 is 2.12 bits per heavy atom. The van der Waals surface area contributed by atoms with Gasteiger partial charge >= 0.3 is 0 Å². The molecule has 16 heavy (non-hydrogen) atoms. The van der Waals surface area contributed by atoms with Crippen molar-refractivity contribution in [3.8, 4) is 0 Å². The molecule has 1 aliphatic heterocycles. The highest BCUT2D eigenvalue weighted by Crippen LogP contribution is 2.15. The van der Waals surface area contributed by atoms with Gasteiger partial charge in [-0.3, -0.25) is 4.98 Å². The monoisotopic (exact) mass is 212 g/mol. The van der Waals surface area contributed by atoms with Crippen LogP contribution in [0.15, 0.2) is 36.4 Å². The van der Waals surface area contributed by atoms with Crippen LogP contribution in [-0.2, 0) is 6.42 Å². The third-order valence-electron chi connectivity index (χ3n) is 3.27. The van der Waals surface area contributed by atoms with Crippen molar-refractivity contribution in [1.82, 2.24) is 10.3 Å². The molecule has 1 unspecified atom stereocenters. The molecule has 0 bridgehead atoms. The lowest BCUT2D eigenvalue weighted by Gasteiger charge is -2.09. The Balaban J connectivity index is 1.86. The number of pyridine rings is 1. The number of benzene rings is 1. The molecule has 0 radical (unpaired) electrons. The second-order valence-electron chi connectivity index (χ2n) is 4.49. The third-order valence-corrected chi connectivity index (χ3v) is 3.27. The first-order chi connectivity index (χ1) is 7.92. The number of aromatic nitrogens is 1. The molecule has 0 amide bonds. The molecule has 2 aromatic rings. The Bertz CT molecular complexity index is 487. The van der Waals surface area contributed by atoms with Crippen LogP contribution in [0, 0.1) is 0 Å². The van der Waals surface area contributed by atoms with Crippen molar-refractivity contribution in [2.75, 3.05) is 6.54 Å². The standard InChI is InChI=1S/C14H16N2/c1-2-6-14-11(4-1)7-8-13(16-14)10-12-5-3-9-15-12/h1-2,4,6-8,12,15H,3,5,9-10H2. The number of nitrogens with zero attached hydrogens (tertiary/aromatic N) is 1. The zero-order valence-electron chi connectivity index (χ0n) is 9.32. The summed E-state index contributed by atoms with van der Waals surface area (Å²) in [7, 11) is 0. The lowest BCUT2D eigenvalue weighted by Crippen LogP contribution is -2.24.